The fraction of sp³-hybridized carbons (Fsp3) is 0.379. The van der Waals surface area contributed by atoms with Crippen LogP contribution in [0.5, 0.6) is 17.2 Å². The van der Waals surface area contributed by atoms with Gasteiger partial charge in [-0.05, 0) is 23.1 Å². The first-order valence-corrected chi connectivity index (χ1v) is 26.6. The first-order chi connectivity index (χ1) is 39.6. The van der Waals surface area contributed by atoms with Crippen LogP contribution in [0.25, 0.3) is 0 Å². The number of hydrogen-bond acceptors (Lipinski definition) is 18. The molecule has 0 saturated heterocycles. The molecule has 0 aliphatic rings. The van der Waals surface area contributed by atoms with E-state index in [1.165, 1.54) is 38.4 Å². The molecule has 6 aromatic rings. The summed E-state index contributed by atoms with van der Waals surface area (Å²) in [6.07, 6.45) is -2.31. The number of benzene rings is 3. The number of ether oxygens (including phenoxy) is 3. The molecule has 440 valence electrons. The van der Waals surface area contributed by atoms with Gasteiger partial charge in [0.1, 0.15) is 32.0 Å². The summed E-state index contributed by atoms with van der Waals surface area (Å²) in [5.74, 6) is -3.91. The molecule has 24 heteroatoms. The van der Waals surface area contributed by atoms with Crippen LogP contribution in [0.2, 0.25) is 0 Å². The number of carbonyl (C=O) groups excluding carboxylic acids is 3. The lowest BCUT2D eigenvalue weighted by molar-refractivity contribution is -0.0219. The summed E-state index contributed by atoms with van der Waals surface area (Å²) in [6.45, 7) is -3.80. The molecule has 5 unspecified atom stereocenters. The van der Waals surface area contributed by atoms with Crippen LogP contribution in [0.15, 0.2) is 142 Å². The normalized spacial score (nSPS) is 13.1. The molecule has 0 spiro atoms. The highest BCUT2D eigenvalue weighted by Crippen LogP contribution is 2.21. The largest absolute Gasteiger partial charge is 0.483 e. The lowest BCUT2D eigenvalue weighted by Crippen LogP contribution is -2.44. The lowest BCUT2D eigenvalue weighted by Gasteiger charge is -2.25. The van der Waals surface area contributed by atoms with Crippen molar-refractivity contribution < 1.29 is 69.4 Å². The maximum Gasteiger partial charge on any atom is 0.271 e. The summed E-state index contributed by atoms with van der Waals surface area (Å²) in [6, 6.07) is 30.0. The van der Waals surface area contributed by atoms with Gasteiger partial charge in [-0.15, -0.1) is 0 Å². The van der Waals surface area contributed by atoms with Crippen molar-refractivity contribution in [2.75, 3.05) is 65.7 Å². The molecule has 3 aromatic heterocycles. The summed E-state index contributed by atoms with van der Waals surface area (Å²) in [4.78, 5) is 84.9. The van der Waals surface area contributed by atoms with Crippen LogP contribution in [0, 0.1) is 5.92 Å². The minimum absolute atomic E-state index is 0.00581. The molecule has 24 nitrogen and oxygen atoms in total. The van der Waals surface area contributed by atoms with Gasteiger partial charge >= 0.3 is 0 Å². The fourth-order valence-corrected chi connectivity index (χ4v) is 8.59. The predicted octanol–water partition coefficient (Wildman–Crippen LogP) is -0.780. The quantitative estimate of drug-likeness (QED) is 0.0236. The third kappa shape index (κ3) is 18.2. The van der Waals surface area contributed by atoms with Crippen molar-refractivity contribution in [2.24, 2.45) is 5.92 Å². The first-order valence-electron chi connectivity index (χ1n) is 26.6. The van der Waals surface area contributed by atoms with E-state index in [0.29, 0.717) is 16.7 Å². The summed E-state index contributed by atoms with van der Waals surface area (Å²) < 4.78 is 21.8. The Morgan fingerprint density at radius 1 is 0.439 bits per heavy atom. The van der Waals surface area contributed by atoms with E-state index in [0.717, 1.165) is 12.1 Å². The number of nitrogens with one attached hydrogen (secondary N) is 3. The lowest BCUT2D eigenvalue weighted by atomic mass is 10.1. The zero-order valence-corrected chi connectivity index (χ0v) is 45.1. The number of aliphatic hydroxyl groups excluding tert-OH is 8. The fourth-order valence-electron chi connectivity index (χ4n) is 8.59. The van der Waals surface area contributed by atoms with E-state index >= 15 is 0 Å². The van der Waals surface area contributed by atoms with Gasteiger partial charge in [0.2, 0.25) is 16.3 Å². The van der Waals surface area contributed by atoms with Crippen molar-refractivity contribution in [3.63, 3.8) is 0 Å². The second-order valence-corrected chi connectivity index (χ2v) is 19.2. The number of amides is 3. The number of carbonyl (C=O) groups is 3. The molecule has 0 saturated carbocycles. The van der Waals surface area contributed by atoms with E-state index in [4.69, 9.17) is 14.2 Å². The van der Waals surface area contributed by atoms with Crippen LogP contribution in [0.3, 0.4) is 0 Å². The number of rotatable bonds is 34. The minimum Gasteiger partial charge on any atom is -0.483 e. The van der Waals surface area contributed by atoms with Crippen molar-refractivity contribution in [2.45, 2.75) is 70.3 Å². The molecule has 0 aliphatic heterocycles. The summed E-state index contributed by atoms with van der Waals surface area (Å²) in [5, 5.41) is 89.2. The van der Waals surface area contributed by atoms with Crippen molar-refractivity contribution in [1.29, 1.82) is 0 Å². The number of aromatic nitrogens is 3. The number of aliphatic hydroxyl groups is 8. The number of nitrogens with zero attached hydrogens (tertiary/aromatic N) is 4. The maximum absolute atomic E-state index is 14.4. The molecular formula is C58H71N7O17. The van der Waals surface area contributed by atoms with Gasteiger partial charge < -0.3 is 84.7 Å². The number of pyridine rings is 3. The molecule has 3 amide bonds. The molecule has 3 heterocycles. The highest BCUT2D eigenvalue weighted by atomic mass is 16.5. The minimum atomic E-state index is -1.60. The molecule has 6 rings (SSSR count). The Morgan fingerprint density at radius 2 is 0.756 bits per heavy atom. The molecule has 0 fully saturated rings. The Hall–Kier alpha value is -8.04. The Balaban J connectivity index is 1.28. The zero-order valence-electron chi connectivity index (χ0n) is 45.1. The van der Waals surface area contributed by atoms with Gasteiger partial charge in [0.15, 0.2) is 34.3 Å². The molecule has 11 N–H and O–H groups in total. The zero-order chi connectivity index (χ0) is 59.0. The Kier molecular flexibility index (Phi) is 25.0. The van der Waals surface area contributed by atoms with Crippen LogP contribution in [-0.4, -0.2) is 167 Å². The smallest absolute Gasteiger partial charge is 0.271 e. The van der Waals surface area contributed by atoms with Crippen LogP contribution >= 0.6 is 0 Å². The average molecular weight is 1140 g/mol. The Bertz CT molecular complexity index is 2850. The van der Waals surface area contributed by atoms with Crippen molar-refractivity contribution in [3.05, 3.63) is 192 Å². The van der Waals surface area contributed by atoms with E-state index in [2.05, 4.69) is 16.0 Å². The Labute approximate surface area is 471 Å². The molecule has 5 atom stereocenters. The highest BCUT2D eigenvalue weighted by Gasteiger charge is 2.27. The van der Waals surface area contributed by atoms with E-state index in [9.17, 15) is 69.6 Å². The standard InChI is InChI=1S/C58H71N7O17/c66-29-19-42(33-67)30-63-23-16-43(70)53(80-36-39-10-4-1-5-11-39)50(63)56(77)59-20-26-62(27-21-60-57(78)51-54(81-37-40-12-6-2-7-13-40)44(71)17-24-64(51)31-46(73)48(75)34-68)28-22-61-58(79)52-55(82-38-41-14-8-3-9-15-41)45(72)18-25-65(52)32-47(74)49(76)35-69/h1-18,23-25,42,46-49,66-69,73-76H,19-22,26-38H2,(H,59,77)(H,60,78)(H,61,79). The summed E-state index contributed by atoms with van der Waals surface area (Å²) in [5.41, 5.74) is -0.663. The Morgan fingerprint density at radius 3 is 1.05 bits per heavy atom. The predicted molar refractivity (Wildman–Crippen MR) is 298 cm³/mol. The molecule has 82 heavy (non-hydrogen) atoms. The monoisotopic (exact) mass is 1140 g/mol. The second kappa shape index (κ2) is 32.4. The van der Waals surface area contributed by atoms with Crippen LogP contribution in [0.1, 0.15) is 54.6 Å². The average Bonchev–Trinajstić information content (AvgIpc) is 3.57. The van der Waals surface area contributed by atoms with E-state index in [1.54, 1.807) is 89.8 Å². The molecule has 0 radical (unpaired) electrons. The maximum atomic E-state index is 14.4. The topological polar surface area (TPSA) is 346 Å². The molecule has 0 bridgehead atoms. The van der Waals surface area contributed by atoms with Crippen molar-refractivity contribution >= 4 is 17.7 Å². The van der Waals surface area contributed by atoms with Crippen molar-refractivity contribution in [3.8, 4) is 17.2 Å². The van der Waals surface area contributed by atoms with Crippen molar-refractivity contribution in [1.82, 2.24) is 34.6 Å². The van der Waals surface area contributed by atoms with Gasteiger partial charge in [0.25, 0.3) is 17.7 Å². The van der Waals surface area contributed by atoms with Gasteiger partial charge in [0, 0.05) is 102 Å². The summed E-state index contributed by atoms with van der Waals surface area (Å²) >= 11 is 0. The second-order valence-electron chi connectivity index (χ2n) is 19.2. The summed E-state index contributed by atoms with van der Waals surface area (Å²) in [7, 11) is 0. The van der Waals surface area contributed by atoms with Crippen LogP contribution < -0.4 is 46.4 Å². The van der Waals surface area contributed by atoms with E-state index in [-0.39, 0.29) is 120 Å². The first kappa shape index (κ1) is 63.1. The van der Waals surface area contributed by atoms with Crippen LogP contribution in [0.4, 0.5) is 0 Å². The third-order valence-corrected chi connectivity index (χ3v) is 13.1. The van der Waals surface area contributed by atoms with E-state index < -0.39 is 90.6 Å². The highest BCUT2D eigenvalue weighted by molar-refractivity contribution is 5.96. The van der Waals surface area contributed by atoms with Gasteiger partial charge in [-0.3, -0.25) is 33.7 Å². The SMILES string of the molecule is O=C(NCCN(CCNC(=O)c1c(OCc2ccccc2)c(=O)ccn1CC(O)C(O)CO)CCNC(=O)c1c(OCc2ccccc2)c(=O)ccn1CC(O)C(O)CO)c1c(OCc2ccccc2)c(=O)ccn1CC(CO)CCO. The van der Waals surface area contributed by atoms with Gasteiger partial charge in [-0.25, -0.2) is 0 Å². The van der Waals surface area contributed by atoms with Gasteiger partial charge in [-0.1, -0.05) is 91.0 Å². The van der Waals surface area contributed by atoms with Crippen LogP contribution in [-0.2, 0) is 39.5 Å². The molecular weight excluding hydrogens is 1070 g/mol. The van der Waals surface area contributed by atoms with Gasteiger partial charge in [-0.2, -0.15) is 0 Å². The van der Waals surface area contributed by atoms with E-state index in [1.807, 2.05) is 6.07 Å². The third-order valence-electron chi connectivity index (χ3n) is 13.1. The van der Waals surface area contributed by atoms with Gasteiger partial charge in [0.05, 0.1) is 38.5 Å². The number of hydrogen-bond donors (Lipinski definition) is 11. The molecule has 0 aliphatic carbocycles. The molecule has 3 aromatic carbocycles.